The van der Waals surface area contributed by atoms with E-state index in [4.69, 9.17) is 11.5 Å². The van der Waals surface area contributed by atoms with E-state index in [9.17, 15) is 9.59 Å². The molecule has 2 aliphatic heterocycles. The van der Waals surface area contributed by atoms with Crippen LogP contribution < -0.4 is 22.5 Å². The van der Waals surface area contributed by atoms with E-state index in [0.717, 1.165) is 31.7 Å². The van der Waals surface area contributed by atoms with Gasteiger partial charge in [0.1, 0.15) is 5.82 Å². The predicted molar refractivity (Wildman–Crippen MR) is 118 cm³/mol. The number of hydrogen-bond acceptors (Lipinski definition) is 6. The summed E-state index contributed by atoms with van der Waals surface area (Å²) >= 11 is 0. The lowest BCUT2D eigenvalue weighted by atomic mass is 10.1. The maximum atomic E-state index is 12.5. The van der Waals surface area contributed by atoms with Crippen molar-refractivity contribution in [3.63, 3.8) is 0 Å². The molecule has 3 aliphatic rings. The molecule has 31 heavy (non-hydrogen) atoms. The number of piperidine rings is 1. The van der Waals surface area contributed by atoms with Gasteiger partial charge >= 0.3 is 11.7 Å². The van der Waals surface area contributed by atoms with Crippen LogP contribution in [0.3, 0.4) is 0 Å². The van der Waals surface area contributed by atoms with Gasteiger partial charge in [0.2, 0.25) is 0 Å². The highest BCUT2D eigenvalue weighted by molar-refractivity contribution is 5.88. The number of fused-ring (bicyclic) bond motifs is 1. The van der Waals surface area contributed by atoms with Crippen molar-refractivity contribution < 1.29 is 4.79 Å². The molecule has 2 unspecified atom stereocenters. The van der Waals surface area contributed by atoms with Gasteiger partial charge in [0.05, 0.1) is 5.69 Å². The fraction of sp³-hybridized carbons (Fsp3) is 0.500. The molecule has 9 heteroatoms. The molecule has 5 N–H and O–H groups in total. The van der Waals surface area contributed by atoms with E-state index < -0.39 is 5.69 Å². The Morgan fingerprint density at radius 1 is 1.13 bits per heavy atom. The van der Waals surface area contributed by atoms with Crippen LogP contribution >= 0.6 is 0 Å². The Morgan fingerprint density at radius 2 is 1.87 bits per heavy atom. The van der Waals surface area contributed by atoms with Crippen LogP contribution in [0.15, 0.2) is 41.3 Å². The zero-order valence-electron chi connectivity index (χ0n) is 17.5. The van der Waals surface area contributed by atoms with Crippen LogP contribution in [0, 0.1) is 17.8 Å². The molecule has 3 heterocycles. The number of anilines is 1. The van der Waals surface area contributed by atoms with Crippen molar-refractivity contribution in [3.8, 4) is 5.69 Å². The van der Waals surface area contributed by atoms with Crippen molar-refractivity contribution in [2.45, 2.75) is 19.0 Å². The first-order valence-electron chi connectivity index (χ1n) is 10.9. The van der Waals surface area contributed by atoms with Gasteiger partial charge in [0, 0.05) is 45.0 Å². The lowest BCUT2D eigenvalue weighted by molar-refractivity contribution is 0.221. The quantitative estimate of drug-likeness (QED) is 0.641. The highest BCUT2D eigenvalue weighted by Gasteiger charge is 2.53. The van der Waals surface area contributed by atoms with Crippen LogP contribution in [0.5, 0.6) is 0 Å². The fourth-order valence-corrected chi connectivity index (χ4v) is 4.88. The summed E-state index contributed by atoms with van der Waals surface area (Å²) in [5, 5.41) is 2.71. The van der Waals surface area contributed by atoms with E-state index in [1.165, 1.54) is 10.1 Å². The molecule has 1 aromatic carbocycles. The van der Waals surface area contributed by atoms with E-state index >= 15 is 0 Å². The van der Waals surface area contributed by atoms with E-state index in [1.54, 1.807) is 17.2 Å². The second-order valence-electron chi connectivity index (χ2n) is 9.00. The van der Waals surface area contributed by atoms with Crippen LogP contribution in [0.1, 0.15) is 12.0 Å². The van der Waals surface area contributed by atoms with Gasteiger partial charge in [-0.2, -0.15) is 4.98 Å². The van der Waals surface area contributed by atoms with Gasteiger partial charge in [-0.3, -0.25) is 14.8 Å². The highest BCUT2D eigenvalue weighted by atomic mass is 16.2. The molecule has 1 aromatic heterocycles. The smallest absolute Gasteiger partial charge is 0.330 e. The molecule has 5 rings (SSSR count). The average molecular weight is 424 g/mol. The molecule has 0 radical (unpaired) electrons. The molecule has 0 spiro atoms. The van der Waals surface area contributed by atoms with E-state index in [0.29, 0.717) is 43.4 Å². The lowest BCUT2D eigenvalue weighted by Crippen LogP contribution is -2.34. The summed E-state index contributed by atoms with van der Waals surface area (Å²) in [4.78, 5) is 33.1. The molecule has 1 saturated carbocycles. The molecular formula is C22H29N7O2. The summed E-state index contributed by atoms with van der Waals surface area (Å²) in [7, 11) is 0. The molecular weight excluding hydrogens is 394 g/mol. The van der Waals surface area contributed by atoms with Gasteiger partial charge in [-0.05, 0) is 54.5 Å². The van der Waals surface area contributed by atoms with Crippen molar-refractivity contribution in [3.05, 3.63) is 52.6 Å². The minimum Gasteiger partial charge on any atom is -0.330 e. The number of amides is 2. The third-order valence-electron chi connectivity index (χ3n) is 6.90. The lowest BCUT2D eigenvalue weighted by Gasteiger charge is -2.19. The Labute approximate surface area is 181 Å². The minimum absolute atomic E-state index is 0.245. The summed E-state index contributed by atoms with van der Waals surface area (Å²) in [5.74, 6) is 1.94. The summed E-state index contributed by atoms with van der Waals surface area (Å²) < 4.78 is 1.48. The second kappa shape index (κ2) is 8.07. The zero-order chi connectivity index (χ0) is 21.5. The van der Waals surface area contributed by atoms with Crippen LogP contribution in [-0.4, -0.2) is 64.1 Å². The summed E-state index contributed by atoms with van der Waals surface area (Å²) in [6, 6.07) is 9.75. The average Bonchev–Trinajstić information content (AvgIpc) is 3.16. The summed E-state index contributed by atoms with van der Waals surface area (Å²) in [6.07, 6.45) is 2.55. The maximum Gasteiger partial charge on any atom is 0.354 e. The van der Waals surface area contributed by atoms with Crippen molar-refractivity contribution in [1.29, 1.82) is 0 Å². The second-order valence-corrected chi connectivity index (χ2v) is 9.00. The van der Waals surface area contributed by atoms with Gasteiger partial charge in [-0.25, -0.2) is 9.59 Å². The molecule has 0 bridgehead atoms. The number of likely N-dealkylation sites (tertiary alicyclic amines) is 2. The Kier molecular flexibility index (Phi) is 5.25. The Morgan fingerprint density at radius 3 is 2.52 bits per heavy atom. The van der Waals surface area contributed by atoms with E-state index in [2.05, 4.69) is 15.2 Å². The molecule has 3 fully saturated rings. The number of aromatic nitrogens is 2. The van der Waals surface area contributed by atoms with Crippen LogP contribution in [-0.2, 0) is 6.54 Å². The molecule has 9 nitrogen and oxygen atoms in total. The molecule has 2 aromatic rings. The van der Waals surface area contributed by atoms with E-state index in [1.807, 2.05) is 24.3 Å². The first kappa shape index (κ1) is 20.2. The fourth-order valence-electron chi connectivity index (χ4n) is 4.88. The highest BCUT2D eigenvalue weighted by Crippen LogP contribution is 2.44. The number of carbonyl (C=O) groups excluding carboxylic acids is 1. The normalized spacial score (nSPS) is 27.4. The number of nitrogens with two attached hydrogens (primary N) is 2. The van der Waals surface area contributed by atoms with Gasteiger partial charge in [0.25, 0.3) is 0 Å². The summed E-state index contributed by atoms with van der Waals surface area (Å²) in [5.41, 5.74) is 13.2. The number of carbonyl (C=O) groups is 1. The topological polar surface area (TPSA) is 123 Å². The number of benzene rings is 1. The van der Waals surface area contributed by atoms with Crippen LogP contribution in [0.4, 0.5) is 10.6 Å². The number of nitrogens with zero attached hydrogens (tertiary/aromatic N) is 4. The third-order valence-corrected chi connectivity index (χ3v) is 6.90. The Balaban J connectivity index is 1.20. The molecule has 1 aliphatic carbocycles. The maximum absolute atomic E-state index is 12.5. The van der Waals surface area contributed by atoms with Crippen molar-refractivity contribution in [2.75, 3.05) is 38.0 Å². The molecule has 164 valence electrons. The van der Waals surface area contributed by atoms with Crippen molar-refractivity contribution in [2.24, 2.45) is 29.2 Å². The first-order valence-corrected chi connectivity index (χ1v) is 10.9. The largest absolute Gasteiger partial charge is 0.354 e. The van der Waals surface area contributed by atoms with Crippen LogP contribution in [0.2, 0.25) is 0 Å². The third kappa shape index (κ3) is 4.08. The van der Waals surface area contributed by atoms with Crippen molar-refractivity contribution >= 4 is 11.8 Å². The first-order chi connectivity index (χ1) is 15.0. The number of nitrogens with one attached hydrogen (secondary N) is 1. The standard InChI is InChI=1S/C22H29N7O2/c23-9-15-5-7-28(11-15)21(30)25-19-6-8-29(22(31)26-19)16-3-1-14(2-4-16)10-27-12-17-18(13-27)20(17)24/h1-4,6,8,15,17-18,20H,5,7,9-13,23-24H2,(H,25,26,30,31)/t15-,17?,18?,20?/m1/s1. The van der Waals surface area contributed by atoms with Crippen LogP contribution in [0.25, 0.3) is 5.69 Å². The molecule has 2 amide bonds. The van der Waals surface area contributed by atoms with Gasteiger partial charge < -0.3 is 16.4 Å². The number of rotatable bonds is 5. The SMILES string of the molecule is NC[C@H]1CCN(C(=O)Nc2ccn(-c3ccc(CN4CC5C(N)C5C4)cc3)c(=O)n2)C1. The van der Waals surface area contributed by atoms with Gasteiger partial charge in [0.15, 0.2) is 0 Å². The minimum atomic E-state index is -0.430. The number of hydrogen-bond donors (Lipinski definition) is 3. The predicted octanol–water partition coefficient (Wildman–Crippen LogP) is 0.434. The summed E-state index contributed by atoms with van der Waals surface area (Å²) in [6.45, 7) is 4.94. The molecule has 3 atom stereocenters. The van der Waals surface area contributed by atoms with Gasteiger partial charge in [-0.15, -0.1) is 0 Å². The zero-order valence-corrected chi connectivity index (χ0v) is 17.5. The number of urea groups is 1. The molecule has 2 saturated heterocycles. The van der Waals surface area contributed by atoms with Crippen molar-refractivity contribution in [1.82, 2.24) is 19.4 Å². The monoisotopic (exact) mass is 423 g/mol. The van der Waals surface area contributed by atoms with Gasteiger partial charge in [-0.1, -0.05) is 12.1 Å². The Bertz CT molecular complexity index is 1010. The Hall–Kier alpha value is -2.75. The van der Waals surface area contributed by atoms with E-state index in [-0.39, 0.29) is 11.8 Å².